The van der Waals surface area contributed by atoms with Gasteiger partial charge in [-0.25, -0.2) is 4.39 Å². The molecule has 1 heterocycles. The average molecular weight is 217 g/mol. The number of aromatic nitrogens is 1. The second-order valence-corrected chi connectivity index (χ2v) is 3.47. The van der Waals surface area contributed by atoms with Crippen LogP contribution in [0.5, 0.6) is 0 Å². The molecule has 0 spiro atoms. The van der Waals surface area contributed by atoms with Gasteiger partial charge in [0.1, 0.15) is 5.82 Å². The molecule has 4 heteroatoms. The Balaban J connectivity index is 2.39. The van der Waals surface area contributed by atoms with Gasteiger partial charge in [-0.3, -0.25) is 4.98 Å². The van der Waals surface area contributed by atoms with Crippen LogP contribution < -0.4 is 10.6 Å². The maximum atomic E-state index is 13.1. The Kier molecular flexibility index (Phi) is 2.72. The summed E-state index contributed by atoms with van der Waals surface area (Å²) in [6.45, 7) is 0. The number of hydrogen-bond donors (Lipinski definition) is 1. The lowest BCUT2D eigenvalue weighted by Crippen LogP contribution is -2.11. The number of anilines is 3. The van der Waals surface area contributed by atoms with Gasteiger partial charge in [0.15, 0.2) is 0 Å². The first-order valence-electron chi connectivity index (χ1n) is 4.87. The molecule has 0 unspecified atom stereocenters. The molecule has 2 aromatic rings. The van der Waals surface area contributed by atoms with Crippen molar-refractivity contribution in [3.8, 4) is 0 Å². The van der Waals surface area contributed by atoms with E-state index >= 15 is 0 Å². The van der Waals surface area contributed by atoms with Gasteiger partial charge < -0.3 is 10.6 Å². The van der Waals surface area contributed by atoms with E-state index in [4.69, 9.17) is 5.73 Å². The summed E-state index contributed by atoms with van der Waals surface area (Å²) >= 11 is 0. The van der Waals surface area contributed by atoms with Crippen LogP contribution in [0, 0.1) is 5.82 Å². The van der Waals surface area contributed by atoms with Crippen LogP contribution in [0.1, 0.15) is 0 Å². The fourth-order valence-electron chi connectivity index (χ4n) is 1.53. The van der Waals surface area contributed by atoms with Crippen molar-refractivity contribution in [2.75, 3.05) is 17.7 Å². The number of halogens is 1. The van der Waals surface area contributed by atoms with E-state index in [-0.39, 0.29) is 5.82 Å². The molecule has 0 aliphatic carbocycles. The predicted octanol–water partition coefficient (Wildman–Crippen LogP) is 2.57. The van der Waals surface area contributed by atoms with Gasteiger partial charge in [-0.05, 0) is 24.3 Å². The number of benzene rings is 1. The number of pyridine rings is 1. The zero-order valence-electron chi connectivity index (χ0n) is 8.89. The number of rotatable bonds is 2. The smallest absolute Gasteiger partial charge is 0.125 e. The van der Waals surface area contributed by atoms with E-state index in [1.165, 1.54) is 12.1 Å². The summed E-state index contributed by atoms with van der Waals surface area (Å²) in [5.41, 5.74) is 7.92. The van der Waals surface area contributed by atoms with E-state index in [1.54, 1.807) is 24.5 Å². The summed E-state index contributed by atoms with van der Waals surface area (Å²) in [6, 6.07) is 8.15. The second-order valence-electron chi connectivity index (χ2n) is 3.47. The van der Waals surface area contributed by atoms with Gasteiger partial charge >= 0.3 is 0 Å². The summed E-state index contributed by atoms with van der Waals surface area (Å²) in [6.07, 6.45) is 3.23. The highest BCUT2D eigenvalue weighted by molar-refractivity contribution is 5.73. The molecule has 1 aromatic heterocycles. The molecule has 1 aromatic carbocycles. The van der Waals surface area contributed by atoms with Gasteiger partial charge in [0.2, 0.25) is 0 Å². The Labute approximate surface area is 93.3 Å². The minimum absolute atomic E-state index is 0.267. The van der Waals surface area contributed by atoms with Crippen molar-refractivity contribution in [3.63, 3.8) is 0 Å². The van der Waals surface area contributed by atoms with Crippen LogP contribution in [0.15, 0.2) is 42.7 Å². The fourth-order valence-corrected chi connectivity index (χ4v) is 1.53. The van der Waals surface area contributed by atoms with E-state index < -0.39 is 0 Å². The van der Waals surface area contributed by atoms with Crippen molar-refractivity contribution in [1.29, 1.82) is 0 Å². The van der Waals surface area contributed by atoms with Gasteiger partial charge in [-0.15, -0.1) is 0 Å². The molecule has 16 heavy (non-hydrogen) atoms. The molecule has 0 saturated carbocycles. The van der Waals surface area contributed by atoms with E-state index in [9.17, 15) is 4.39 Å². The largest absolute Gasteiger partial charge is 0.396 e. The highest BCUT2D eigenvalue weighted by Gasteiger charge is 2.07. The lowest BCUT2D eigenvalue weighted by Gasteiger charge is -2.20. The molecular formula is C12H12FN3. The molecule has 2 N–H and O–H groups in total. The van der Waals surface area contributed by atoms with Gasteiger partial charge in [0, 0.05) is 18.9 Å². The first kappa shape index (κ1) is 10.4. The molecule has 2 rings (SSSR count). The lowest BCUT2D eigenvalue weighted by atomic mass is 10.2. The third kappa shape index (κ3) is 1.95. The van der Waals surface area contributed by atoms with Crippen molar-refractivity contribution in [1.82, 2.24) is 4.98 Å². The van der Waals surface area contributed by atoms with Crippen LogP contribution in [0.4, 0.5) is 21.5 Å². The third-order valence-corrected chi connectivity index (χ3v) is 2.38. The molecule has 0 aliphatic heterocycles. The Morgan fingerprint density at radius 1 is 1.31 bits per heavy atom. The summed E-state index contributed by atoms with van der Waals surface area (Å²) in [7, 11) is 1.83. The Hall–Kier alpha value is -2.10. The van der Waals surface area contributed by atoms with Crippen LogP contribution in [0.25, 0.3) is 0 Å². The zero-order chi connectivity index (χ0) is 11.5. The standard InChI is InChI=1S/C12H12FN3/c1-16(10-4-2-3-9(13)7-10)12-5-6-15-8-11(12)14/h2-8H,14H2,1H3. The van der Waals surface area contributed by atoms with Gasteiger partial charge in [-0.1, -0.05) is 6.07 Å². The maximum absolute atomic E-state index is 13.1. The van der Waals surface area contributed by atoms with Crippen molar-refractivity contribution < 1.29 is 4.39 Å². The fraction of sp³-hybridized carbons (Fsp3) is 0.0833. The first-order chi connectivity index (χ1) is 7.68. The molecule has 82 valence electrons. The van der Waals surface area contributed by atoms with E-state index in [2.05, 4.69) is 4.98 Å². The van der Waals surface area contributed by atoms with Gasteiger partial charge in [0.25, 0.3) is 0 Å². The van der Waals surface area contributed by atoms with Crippen LogP contribution in [-0.2, 0) is 0 Å². The first-order valence-corrected chi connectivity index (χ1v) is 4.87. The molecular weight excluding hydrogens is 205 g/mol. The number of nitrogens with two attached hydrogens (primary N) is 1. The van der Waals surface area contributed by atoms with Crippen molar-refractivity contribution in [2.45, 2.75) is 0 Å². The summed E-state index contributed by atoms with van der Waals surface area (Å²) in [5.74, 6) is -0.267. The quantitative estimate of drug-likeness (QED) is 0.840. The maximum Gasteiger partial charge on any atom is 0.125 e. The van der Waals surface area contributed by atoms with Crippen LogP contribution in [-0.4, -0.2) is 12.0 Å². The van der Waals surface area contributed by atoms with E-state index in [1.807, 2.05) is 18.0 Å². The zero-order valence-corrected chi connectivity index (χ0v) is 8.89. The van der Waals surface area contributed by atoms with Crippen molar-refractivity contribution >= 4 is 17.1 Å². The summed E-state index contributed by atoms with van der Waals surface area (Å²) in [5, 5.41) is 0. The third-order valence-electron chi connectivity index (χ3n) is 2.38. The SMILES string of the molecule is CN(c1cccc(F)c1)c1ccncc1N. The normalized spacial score (nSPS) is 10.1. The van der Waals surface area contributed by atoms with Gasteiger partial charge in [-0.2, -0.15) is 0 Å². The second kappa shape index (κ2) is 4.18. The molecule has 0 fully saturated rings. The average Bonchev–Trinajstić information content (AvgIpc) is 2.29. The van der Waals surface area contributed by atoms with Gasteiger partial charge in [0.05, 0.1) is 17.6 Å². The lowest BCUT2D eigenvalue weighted by molar-refractivity contribution is 0.628. The van der Waals surface area contributed by atoms with Crippen molar-refractivity contribution in [3.05, 3.63) is 48.5 Å². The van der Waals surface area contributed by atoms with E-state index in [0.29, 0.717) is 5.69 Å². The van der Waals surface area contributed by atoms with E-state index in [0.717, 1.165) is 11.4 Å². The van der Waals surface area contributed by atoms with Crippen LogP contribution >= 0.6 is 0 Å². The Bertz CT molecular complexity index is 499. The minimum atomic E-state index is -0.267. The molecule has 3 nitrogen and oxygen atoms in total. The number of hydrogen-bond acceptors (Lipinski definition) is 3. The molecule has 0 amide bonds. The number of nitrogens with zero attached hydrogens (tertiary/aromatic N) is 2. The monoisotopic (exact) mass is 217 g/mol. The Morgan fingerprint density at radius 2 is 2.12 bits per heavy atom. The van der Waals surface area contributed by atoms with Crippen LogP contribution in [0.3, 0.4) is 0 Å². The molecule has 0 bridgehead atoms. The van der Waals surface area contributed by atoms with Crippen molar-refractivity contribution in [2.24, 2.45) is 0 Å². The number of nitrogen functional groups attached to an aromatic ring is 1. The van der Waals surface area contributed by atoms with Crippen LogP contribution in [0.2, 0.25) is 0 Å². The Morgan fingerprint density at radius 3 is 2.81 bits per heavy atom. The summed E-state index contributed by atoms with van der Waals surface area (Å²) < 4.78 is 13.1. The highest BCUT2D eigenvalue weighted by Crippen LogP contribution is 2.27. The topological polar surface area (TPSA) is 42.2 Å². The molecule has 0 radical (unpaired) electrons. The molecule has 0 atom stereocenters. The molecule has 0 aliphatic rings. The minimum Gasteiger partial charge on any atom is -0.396 e. The predicted molar refractivity (Wildman–Crippen MR) is 63.1 cm³/mol. The molecule has 0 saturated heterocycles. The summed E-state index contributed by atoms with van der Waals surface area (Å²) in [4.78, 5) is 5.73. The highest BCUT2D eigenvalue weighted by atomic mass is 19.1.